The molecule has 5 aromatic rings. The second-order valence-electron chi connectivity index (χ2n) is 21.0. The smallest absolute Gasteiger partial charge is 0.480 e. The summed E-state index contributed by atoms with van der Waals surface area (Å²) >= 11 is 6.55. The van der Waals surface area contributed by atoms with Crippen LogP contribution in [0.2, 0.25) is 0 Å². The molecule has 0 spiro atoms. The third kappa shape index (κ3) is 27.7. The van der Waals surface area contributed by atoms with Crippen LogP contribution in [0.3, 0.4) is 0 Å². The molecule has 0 radical (unpaired) electrons. The Labute approximate surface area is 538 Å². The van der Waals surface area contributed by atoms with E-state index in [9.17, 15) is 29.4 Å². The van der Waals surface area contributed by atoms with Gasteiger partial charge < -0.3 is 64.6 Å². The average Bonchev–Trinajstić information content (AvgIpc) is 4.01. The van der Waals surface area contributed by atoms with Crippen molar-refractivity contribution < 1.29 is 78.1 Å². The molecular weight excluding hydrogens is 1260 g/mol. The molecule has 482 valence electrons. The second-order valence-corrected chi connectivity index (χ2v) is 22.9. The Morgan fingerprint density at radius 3 is 1.22 bits per heavy atom. The molecule has 0 unspecified atom stereocenters. The summed E-state index contributed by atoms with van der Waals surface area (Å²) in [5.41, 5.74) is 15.3. The van der Waals surface area contributed by atoms with E-state index in [1.165, 1.54) is 16.6 Å². The predicted octanol–water partition coefficient (Wildman–Crippen LogP) is 12.0. The van der Waals surface area contributed by atoms with Crippen LogP contribution in [-0.4, -0.2) is 137 Å². The molecule has 20 heteroatoms. The fourth-order valence-corrected chi connectivity index (χ4v) is 8.90. The Hall–Kier alpha value is -6.14. The maximum Gasteiger partial charge on any atom is 0.490 e. The zero-order chi connectivity index (χ0) is 61.2. The van der Waals surface area contributed by atoms with Crippen molar-refractivity contribution in [2.75, 3.05) is 39.6 Å². The van der Waals surface area contributed by atoms with Gasteiger partial charge in [0.1, 0.15) is 12.6 Å². The first-order chi connectivity index (χ1) is 40.0. The van der Waals surface area contributed by atoms with Gasteiger partial charge >= 0.3 is 31.0 Å². The third-order valence-electron chi connectivity index (χ3n) is 14.1. The van der Waals surface area contributed by atoms with E-state index in [0.29, 0.717) is 26.2 Å². The normalized spacial score (nSPS) is 16.5. The highest BCUT2D eigenvalue weighted by molar-refractivity contribution is 9.10. The summed E-state index contributed by atoms with van der Waals surface area (Å²) in [7, 11) is -0.182. The van der Waals surface area contributed by atoms with Crippen molar-refractivity contribution in [1.82, 2.24) is 0 Å². The topological polar surface area (TPSA) is 271 Å². The molecule has 5 aromatic carbocycles. The number of carbonyl (C=O) groups is 4. The minimum Gasteiger partial charge on any atom is -0.480 e. The van der Waals surface area contributed by atoms with Crippen LogP contribution in [-0.2, 0) is 79.7 Å². The van der Waals surface area contributed by atoms with Gasteiger partial charge in [-0.15, -0.1) is 0 Å². The summed E-state index contributed by atoms with van der Waals surface area (Å²) in [6.07, 6.45) is 6.03. The number of nitrogens with two attached hydrogens (primary N) is 1. The van der Waals surface area contributed by atoms with Gasteiger partial charge in [0.2, 0.25) is 0 Å². The Balaban J connectivity index is 0.000000557. The van der Waals surface area contributed by atoms with Gasteiger partial charge in [-0.05, 0) is 133 Å². The molecule has 0 aromatic heterocycles. The molecule has 4 atom stereocenters. The van der Waals surface area contributed by atoms with E-state index in [1.807, 2.05) is 115 Å². The fourth-order valence-electron chi connectivity index (χ4n) is 8.37. The highest BCUT2D eigenvalue weighted by Gasteiger charge is 2.52. The van der Waals surface area contributed by atoms with Gasteiger partial charge in [-0.1, -0.05) is 183 Å². The van der Waals surface area contributed by atoms with Gasteiger partial charge in [-0.2, -0.15) is 0 Å². The summed E-state index contributed by atoms with van der Waals surface area (Å²) in [6, 6.07) is 38.8. The molecule has 4 aliphatic rings. The Kier molecular flexibility index (Phi) is 36.8. The van der Waals surface area contributed by atoms with Gasteiger partial charge in [0.05, 0.1) is 50.8 Å². The van der Waals surface area contributed by atoms with E-state index >= 15 is 0 Å². The molecular formula is C68H92BBr2NO16. The summed E-state index contributed by atoms with van der Waals surface area (Å²) in [5, 5.41) is 54.0. The van der Waals surface area contributed by atoms with Crippen LogP contribution >= 0.6 is 31.9 Å². The number of ether oxygens (including phenoxy) is 4. The number of aliphatic hydroxyl groups excluding tert-OH is 3. The number of carboxylic acids is 3. The van der Waals surface area contributed by atoms with Crippen molar-refractivity contribution in [1.29, 1.82) is 0 Å². The first-order valence-corrected chi connectivity index (χ1v) is 29.1. The largest absolute Gasteiger partial charge is 0.490 e. The zero-order valence-corrected chi connectivity index (χ0v) is 50.9. The molecule has 8 N–H and O–H groups in total. The lowest BCUT2D eigenvalue weighted by Gasteiger charge is -2.32. The standard InChI is InChI=1S/C21H22O4.C14H16O4.C11H19BO3.C9H10BrNO2.C9H9BrO3.4CH4/c22-20(21(23)25-15-17-4-2-1-3-5-17)14-16-6-8-18(9-7-16)19-10-12-24-13-11-19;15-13(14(16)17)9-10-1-3-11(4-2-10)12-5-7-18-8-6-12;1-10(2)11(3,4)15-12(14-10)9-5-7-13-8-6-9;2*10-7-3-1-6(2-4-7)5-8(11)9(12)13;;;;/h1-10,20,22H,11-15H2;1-5,13,15H,6-9H2,(H,16,17);5H,6-8H2,1-4H3;1-4,8H,5,11H2,(H,12,13);1-4,8,11H,5H2,(H,12,13);4*1H4/t20-;13-;;2*8-;;;;/m11.11..../s1. The second kappa shape index (κ2) is 40.5. The van der Waals surface area contributed by atoms with Crippen molar-refractivity contribution >= 4 is 74.0 Å². The highest BCUT2D eigenvalue weighted by atomic mass is 79.9. The number of esters is 1. The first-order valence-electron chi connectivity index (χ1n) is 27.5. The minimum absolute atomic E-state index is 0. The number of hydrogen-bond acceptors (Lipinski definition) is 14. The highest BCUT2D eigenvalue weighted by Crippen LogP contribution is 2.39. The monoisotopic (exact) mass is 1350 g/mol. The van der Waals surface area contributed by atoms with Crippen LogP contribution in [0.5, 0.6) is 0 Å². The van der Waals surface area contributed by atoms with Crippen LogP contribution in [0.1, 0.15) is 116 Å². The molecule has 9 rings (SSSR count). The molecule has 17 nitrogen and oxygen atoms in total. The van der Waals surface area contributed by atoms with Crippen molar-refractivity contribution in [3.05, 3.63) is 199 Å². The summed E-state index contributed by atoms with van der Waals surface area (Å²) in [6.45, 7) is 12.7. The van der Waals surface area contributed by atoms with Crippen LogP contribution in [0.25, 0.3) is 11.1 Å². The summed E-state index contributed by atoms with van der Waals surface area (Å²) in [4.78, 5) is 43.2. The summed E-state index contributed by atoms with van der Waals surface area (Å²) < 4.78 is 34.8. The number of halogens is 2. The zero-order valence-electron chi connectivity index (χ0n) is 47.7. The lowest BCUT2D eigenvalue weighted by Crippen LogP contribution is -2.41. The predicted molar refractivity (Wildman–Crippen MR) is 354 cm³/mol. The van der Waals surface area contributed by atoms with Gasteiger partial charge in [-0.3, -0.25) is 4.79 Å². The van der Waals surface area contributed by atoms with E-state index < -0.39 is 48.2 Å². The van der Waals surface area contributed by atoms with Gasteiger partial charge in [-0.25, -0.2) is 14.4 Å². The number of hydrogen-bond donors (Lipinski definition) is 7. The van der Waals surface area contributed by atoms with E-state index in [4.69, 9.17) is 54.4 Å². The van der Waals surface area contributed by atoms with Crippen molar-refractivity contribution in [2.45, 2.75) is 145 Å². The van der Waals surface area contributed by atoms with E-state index in [1.54, 1.807) is 12.1 Å². The Morgan fingerprint density at radius 1 is 0.500 bits per heavy atom. The van der Waals surface area contributed by atoms with Crippen LogP contribution < -0.4 is 5.73 Å². The number of carbonyl (C=O) groups excluding carboxylic acids is 1. The molecule has 1 saturated heterocycles. The summed E-state index contributed by atoms with van der Waals surface area (Å²) in [5.74, 6) is -3.95. The minimum atomic E-state index is -1.34. The lowest BCUT2D eigenvalue weighted by atomic mass is 9.75. The molecule has 1 fully saturated rings. The Bertz CT molecular complexity index is 2880. The molecule has 0 bridgehead atoms. The molecule has 88 heavy (non-hydrogen) atoms. The van der Waals surface area contributed by atoms with Crippen LogP contribution in [0.15, 0.2) is 160 Å². The molecule has 0 amide bonds. The number of benzene rings is 5. The molecule has 4 aliphatic heterocycles. The molecule has 0 saturated carbocycles. The average molecular weight is 1350 g/mol. The maximum absolute atomic E-state index is 11.9. The van der Waals surface area contributed by atoms with Gasteiger partial charge in [0, 0.05) is 28.2 Å². The molecule has 4 heterocycles. The van der Waals surface area contributed by atoms with Crippen LogP contribution in [0, 0.1) is 0 Å². The SMILES string of the molecule is C.C.C.C.CC1(C)OB(C2=CCOCC2)OC1(C)C.N[C@H](Cc1ccc(Br)cc1)C(=O)O.O=C(O)[C@H](O)Cc1ccc(Br)cc1.O=C(O)[C@H](O)Cc1ccc(C2=CCOCC2)cc1.O=C(OCc1ccccc1)[C@H](O)Cc1ccc(C2=CCOCC2)cc1. The maximum atomic E-state index is 11.9. The number of aliphatic hydroxyl groups is 3. The number of rotatable bonds is 17. The van der Waals surface area contributed by atoms with Crippen molar-refractivity contribution in [3.8, 4) is 0 Å². The number of carboxylic acid groups (broad SMARTS) is 3. The quantitative estimate of drug-likeness (QED) is 0.0337. The van der Waals surface area contributed by atoms with E-state index in [2.05, 4.69) is 77.8 Å². The van der Waals surface area contributed by atoms with Gasteiger partial charge in [0.15, 0.2) is 18.3 Å². The van der Waals surface area contributed by atoms with Crippen molar-refractivity contribution in [2.24, 2.45) is 5.73 Å². The third-order valence-corrected chi connectivity index (χ3v) is 15.1. The van der Waals surface area contributed by atoms with Gasteiger partial charge in [0.25, 0.3) is 0 Å². The van der Waals surface area contributed by atoms with E-state index in [-0.39, 0.29) is 73.9 Å². The van der Waals surface area contributed by atoms with Crippen molar-refractivity contribution in [3.63, 3.8) is 0 Å². The van der Waals surface area contributed by atoms with E-state index in [0.717, 1.165) is 87.0 Å². The molecule has 0 aliphatic carbocycles. The van der Waals surface area contributed by atoms with Crippen LogP contribution in [0.4, 0.5) is 0 Å². The number of aliphatic carboxylic acids is 3. The fraction of sp³-hybridized carbons (Fsp3) is 0.412. The lowest BCUT2D eigenvalue weighted by molar-refractivity contribution is -0.154. The first kappa shape index (κ1) is 79.9. The Morgan fingerprint density at radius 2 is 0.864 bits per heavy atom.